The summed E-state index contributed by atoms with van der Waals surface area (Å²) in [7, 11) is -5.46. The van der Waals surface area contributed by atoms with Crippen LogP contribution < -0.4 is 5.32 Å². The zero-order valence-electron chi connectivity index (χ0n) is 12.2. The van der Waals surface area contributed by atoms with Crippen LogP contribution in [0.25, 0.3) is 0 Å². The summed E-state index contributed by atoms with van der Waals surface area (Å²) in [6.07, 6.45) is -7.17. The van der Waals surface area contributed by atoms with Crippen LogP contribution >= 0.6 is 0 Å². The van der Waals surface area contributed by atoms with Gasteiger partial charge in [-0.3, -0.25) is 9.35 Å². The van der Waals surface area contributed by atoms with Crippen LogP contribution in [0, 0.1) is 6.92 Å². The van der Waals surface area contributed by atoms with Gasteiger partial charge in [0.2, 0.25) is 10.8 Å². The van der Waals surface area contributed by atoms with Crippen LogP contribution in [0.1, 0.15) is 13.3 Å². The highest BCUT2D eigenvalue weighted by Crippen LogP contribution is 2.41. The predicted molar refractivity (Wildman–Crippen MR) is 73.0 cm³/mol. The second-order valence-electron chi connectivity index (χ2n) is 5.39. The smallest absolute Gasteiger partial charge is 0.300 e. The van der Waals surface area contributed by atoms with Crippen molar-refractivity contribution in [2.45, 2.75) is 48.4 Å². The molecule has 23 heavy (non-hydrogen) atoms. The molecule has 0 aliphatic carbocycles. The van der Waals surface area contributed by atoms with Gasteiger partial charge >= 0.3 is 0 Å². The predicted octanol–water partition coefficient (Wildman–Crippen LogP) is -3.91. The lowest BCUT2D eigenvalue weighted by Crippen LogP contribution is -2.75. The van der Waals surface area contributed by atoms with Gasteiger partial charge in [-0.1, -0.05) is 0 Å². The fourth-order valence-corrected chi connectivity index (χ4v) is 3.77. The third kappa shape index (κ3) is 3.80. The highest BCUT2D eigenvalue weighted by molar-refractivity contribution is 7.87. The third-order valence-electron chi connectivity index (χ3n) is 3.42. The molecule has 11 nitrogen and oxygen atoms in total. The third-order valence-corrected chi connectivity index (χ3v) is 4.81. The summed E-state index contributed by atoms with van der Waals surface area (Å²) in [5, 5.41) is 50.4. The summed E-state index contributed by atoms with van der Waals surface area (Å²) < 4.78 is 38.1. The maximum absolute atomic E-state index is 11.9. The molecule has 0 bridgehead atoms. The summed E-state index contributed by atoms with van der Waals surface area (Å²) in [6, 6.07) is -1.96. The van der Waals surface area contributed by atoms with Gasteiger partial charge in [0.05, 0.1) is 12.7 Å². The molecule has 12 heteroatoms. The largest absolute Gasteiger partial charge is 0.394 e. The Morgan fingerprint density at radius 1 is 1.48 bits per heavy atom. The van der Waals surface area contributed by atoms with Gasteiger partial charge in [0, 0.05) is 20.3 Å². The van der Waals surface area contributed by atoms with Gasteiger partial charge in [0.25, 0.3) is 10.1 Å². The zero-order chi connectivity index (χ0) is 18.2. The summed E-state index contributed by atoms with van der Waals surface area (Å²) in [6.45, 7) is 2.92. The molecule has 1 radical (unpaired) electrons. The zero-order valence-corrected chi connectivity index (χ0v) is 13.0. The van der Waals surface area contributed by atoms with Gasteiger partial charge in [0.15, 0.2) is 5.79 Å². The second kappa shape index (κ2) is 6.57. The first-order valence-corrected chi connectivity index (χ1v) is 7.89. The molecule has 6 atom stereocenters. The molecule has 1 rings (SSSR count). The van der Waals surface area contributed by atoms with E-state index in [4.69, 9.17) is 9.84 Å². The number of ether oxygens (including phenoxy) is 1. The van der Waals surface area contributed by atoms with Crippen LogP contribution in [0.15, 0.2) is 0 Å². The number of aliphatic hydroxyl groups is 5. The topological polar surface area (TPSA) is 194 Å². The lowest BCUT2D eigenvalue weighted by Gasteiger charge is -2.51. The molecule has 1 aliphatic rings. The van der Waals surface area contributed by atoms with Crippen LogP contribution in [0.2, 0.25) is 0 Å². The van der Waals surface area contributed by atoms with Crippen molar-refractivity contribution < 1.29 is 48.0 Å². The van der Waals surface area contributed by atoms with Crippen LogP contribution in [0.4, 0.5) is 0 Å². The molecule has 1 heterocycles. The lowest BCUT2D eigenvalue weighted by atomic mass is 9.88. The number of hydrogen-bond donors (Lipinski definition) is 7. The van der Waals surface area contributed by atoms with Gasteiger partial charge < -0.3 is 35.6 Å². The number of carbonyl (C=O) groups is 1. The van der Waals surface area contributed by atoms with E-state index in [1.54, 1.807) is 0 Å². The van der Waals surface area contributed by atoms with Gasteiger partial charge in [-0.2, -0.15) is 8.42 Å². The van der Waals surface area contributed by atoms with E-state index < -0.39 is 64.1 Å². The van der Waals surface area contributed by atoms with Crippen molar-refractivity contribution in [3.8, 4) is 0 Å². The van der Waals surface area contributed by atoms with Crippen molar-refractivity contribution in [2.75, 3.05) is 6.61 Å². The molecule has 135 valence electrons. The van der Waals surface area contributed by atoms with E-state index in [1.807, 2.05) is 5.32 Å². The Balaban J connectivity index is 3.59. The summed E-state index contributed by atoms with van der Waals surface area (Å²) in [5.74, 6) is -3.42. The molecule has 1 amide bonds. The number of carbonyl (C=O) groups excluding carboxylic acids is 1. The molecule has 0 aromatic heterocycles. The van der Waals surface area contributed by atoms with Gasteiger partial charge in [-0.05, 0) is 0 Å². The Morgan fingerprint density at radius 3 is 2.39 bits per heavy atom. The van der Waals surface area contributed by atoms with Crippen LogP contribution in [-0.2, 0) is 19.6 Å². The molecule has 0 aromatic carbocycles. The Kier molecular flexibility index (Phi) is 5.76. The van der Waals surface area contributed by atoms with Crippen molar-refractivity contribution in [3.05, 3.63) is 6.92 Å². The first-order chi connectivity index (χ1) is 10.3. The van der Waals surface area contributed by atoms with E-state index in [-0.39, 0.29) is 0 Å². The Hall–Kier alpha value is -0.860. The Morgan fingerprint density at radius 2 is 2.00 bits per heavy atom. The highest BCUT2D eigenvalue weighted by atomic mass is 32.2. The molecule has 1 aliphatic heterocycles. The van der Waals surface area contributed by atoms with Crippen LogP contribution in [0.5, 0.6) is 0 Å². The Bertz CT molecular complexity index is 549. The molecule has 0 spiro atoms. The van der Waals surface area contributed by atoms with E-state index in [0.29, 0.717) is 0 Å². The first-order valence-electron chi connectivity index (χ1n) is 6.45. The van der Waals surface area contributed by atoms with E-state index in [1.165, 1.54) is 0 Å². The first kappa shape index (κ1) is 20.2. The van der Waals surface area contributed by atoms with Crippen molar-refractivity contribution >= 4 is 16.0 Å². The van der Waals surface area contributed by atoms with Crippen molar-refractivity contribution in [1.82, 2.24) is 5.32 Å². The molecular weight excluding hydrogens is 338 g/mol. The summed E-state index contributed by atoms with van der Waals surface area (Å²) >= 11 is 0. The average Bonchev–Trinajstić information content (AvgIpc) is 2.37. The molecule has 1 fully saturated rings. The minimum Gasteiger partial charge on any atom is -0.394 e. The molecule has 0 unspecified atom stereocenters. The lowest BCUT2D eigenvalue weighted by molar-refractivity contribution is -0.297. The van der Waals surface area contributed by atoms with Crippen molar-refractivity contribution in [2.24, 2.45) is 0 Å². The summed E-state index contributed by atoms with van der Waals surface area (Å²) in [4.78, 5) is 8.00. The number of aliphatic hydroxyl groups excluding tert-OH is 4. The minimum absolute atomic E-state index is 0.669. The quantitative estimate of drug-likeness (QED) is 0.239. The maximum atomic E-state index is 11.9. The van der Waals surface area contributed by atoms with Gasteiger partial charge in [0.1, 0.15) is 18.2 Å². The highest BCUT2D eigenvalue weighted by Gasteiger charge is 2.66. The number of hydrogen-bond acceptors (Lipinski definition) is 9. The van der Waals surface area contributed by atoms with E-state index in [2.05, 4.69) is 6.92 Å². The van der Waals surface area contributed by atoms with Crippen molar-refractivity contribution in [3.63, 3.8) is 0 Å². The SMILES string of the molecule is [CH2][C@]1(O)C[C@H](O)[C@@H](NC(C)=O)[C@@]([C@H](O)[C@H](O)CO)(S(=O)(=O)O)O1. The minimum atomic E-state index is -5.46. The van der Waals surface area contributed by atoms with E-state index in [9.17, 15) is 38.2 Å². The van der Waals surface area contributed by atoms with Crippen molar-refractivity contribution in [1.29, 1.82) is 0 Å². The monoisotopic (exact) mass is 358 g/mol. The molecule has 0 saturated carbocycles. The fraction of sp³-hybridized carbons (Fsp3) is 0.818. The summed E-state index contributed by atoms with van der Waals surface area (Å²) in [5.41, 5.74) is 0. The molecule has 7 N–H and O–H groups in total. The molecular formula is C11H20NO10S. The standard InChI is InChI=1S/C11H20NO10S/c1-5(14)12-8-6(15)3-10(2,18)22-11(8,23(19,20)21)9(17)7(16)4-13/h6-9,13,15-18H,2-4H2,1H3,(H,12,14)(H,19,20,21)/t6-,7+,8+,9+,10+,11-/m0/s1. The number of nitrogens with one attached hydrogen (secondary N) is 1. The number of amides is 1. The second-order valence-corrected chi connectivity index (χ2v) is 6.98. The number of rotatable bonds is 5. The van der Waals surface area contributed by atoms with Gasteiger partial charge in [-0.15, -0.1) is 0 Å². The van der Waals surface area contributed by atoms with Crippen LogP contribution in [0.3, 0.4) is 0 Å². The molecule has 0 aromatic rings. The average molecular weight is 358 g/mol. The van der Waals surface area contributed by atoms with Gasteiger partial charge in [-0.25, -0.2) is 0 Å². The Labute approximate surface area is 132 Å². The van der Waals surface area contributed by atoms with E-state index in [0.717, 1.165) is 6.92 Å². The van der Waals surface area contributed by atoms with Crippen LogP contribution in [-0.4, -0.2) is 86.1 Å². The van der Waals surface area contributed by atoms with E-state index >= 15 is 0 Å². The fourth-order valence-electron chi connectivity index (χ4n) is 2.51. The molecule has 1 saturated heterocycles. The normalized spacial score (nSPS) is 37.9. The maximum Gasteiger partial charge on any atom is 0.300 e.